The predicted octanol–water partition coefficient (Wildman–Crippen LogP) is 2.59. The molecule has 1 heterocycles. The number of hydrogen-bond donors (Lipinski definition) is 1. The third-order valence-electron chi connectivity index (χ3n) is 3.49. The molecule has 1 N–H and O–H groups in total. The van der Waals surface area contributed by atoms with Gasteiger partial charge in [-0.3, -0.25) is 4.68 Å². The Morgan fingerprint density at radius 1 is 1.29 bits per heavy atom. The van der Waals surface area contributed by atoms with Gasteiger partial charge in [0, 0.05) is 11.3 Å². The second-order valence-corrected chi connectivity index (χ2v) is 4.97. The third-order valence-corrected chi connectivity index (χ3v) is 3.49. The molecule has 0 atom stereocenters. The molecule has 0 saturated heterocycles. The molecule has 0 bridgehead atoms. The van der Waals surface area contributed by atoms with Crippen LogP contribution in [0.25, 0.3) is 0 Å². The van der Waals surface area contributed by atoms with E-state index in [2.05, 4.69) is 23.9 Å². The summed E-state index contributed by atoms with van der Waals surface area (Å²) in [5.41, 5.74) is 4.75. The van der Waals surface area contributed by atoms with Crippen molar-refractivity contribution < 1.29 is 9.50 Å². The van der Waals surface area contributed by atoms with Gasteiger partial charge < -0.3 is 5.11 Å². The van der Waals surface area contributed by atoms with Crippen molar-refractivity contribution in [3.63, 3.8) is 0 Å². The summed E-state index contributed by atoms with van der Waals surface area (Å²) in [6, 6.07) is 4.69. The number of benzene rings is 1. The van der Waals surface area contributed by atoms with Crippen molar-refractivity contribution in [3.8, 4) is 11.8 Å². The molecule has 3 nitrogen and oxygen atoms in total. The molecule has 21 heavy (non-hydrogen) atoms. The Hall–Kier alpha value is -2.12. The minimum atomic E-state index is -0.327. The highest BCUT2D eigenvalue weighted by atomic mass is 19.1. The van der Waals surface area contributed by atoms with Crippen LogP contribution in [-0.4, -0.2) is 21.5 Å². The van der Waals surface area contributed by atoms with Crippen LogP contribution < -0.4 is 0 Å². The largest absolute Gasteiger partial charge is 0.384 e. The fraction of sp³-hybridized carbons (Fsp3) is 0.353. The van der Waals surface area contributed by atoms with Crippen LogP contribution in [0, 0.1) is 31.5 Å². The monoisotopic (exact) mass is 286 g/mol. The standard InChI is InChI=1S/C17H19FN2O/c1-4-17-12(2)19-20(13(17)3)11-15-8-14(6-5-7-21)9-16(18)10-15/h8-10,21H,4,7,11H2,1-3H3. The van der Waals surface area contributed by atoms with E-state index < -0.39 is 0 Å². The molecule has 0 spiro atoms. The van der Waals surface area contributed by atoms with Crippen LogP contribution in [0.2, 0.25) is 0 Å². The van der Waals surface area contributed by atoms with Crippen molar-refractivity contribution in [1.29, 1.82) is 0 Å². The van der Waals surface area contributed by atoms with Gasteiger partial charge in [0.15, 0.2) is 0 Å². The molecule has 1 aromatic heterocycles. The lowest BCUT2D eigenvalue weighted by Gasteiger charge is -2.06. The number of hydrogen-bond acceptors (Lipinski definition) is 2. The van der Waals surface area contributed by atoms with Gasteiger partial charge in [0.25, 0.3) is 0 Å². The van der Waals surface area contributed by atoms with E-state index in [-0.39, 0.29) is 12.4 Å². The molecule has 4 heteroatoms. The summed E-state index contributed by atoms with van der Waals surface area (Å²) in [5.74, 6) is 4.94. The third kappa shape index (κ3) is 3.50. The van der Waals surface area contributed by atoms with Crippen LogP contribution in [0.3, 0.4) is 0 Å². The number of aliphatic hydroxyl groups is 1. The number of aromatic nitrogens is 2. The summed E-state index contributed by atoms with van der Waals surface area (Å²) in [4.78, 5) is 0. The highest BCUT2D eigenvalue weighted by molar-refractivity contribution is 5.38. The fourth-order valence-electron chi connectivity index (χ4n) is 2.53. The quantitative estimate of drug-likeness (QED) is 0.881. The van der Waals surface area contributed by atoms with Crippen LogP contribution in [0.15, 0.2) is 18.2 Å². The van der Waals surface area contributed by atoms with Crippen LogP contribution in [-0.2, 0) is 13.0 Å². The Labute approximate surface area is 124 Å². The maximum Gasteiger partial charge on any atom is 0.124 e. The van der Waals surface area contributed by atoms with Crippen molar-refractivity contribution in [2.45, 2.75) is 33.7 Å². The average molecular weight is 286 g/mol. The maximum absolute atomic E-state index is 13.6. The Morgan fingerprint density at radius 3 is 2.67 bits per heavy atom. The van der Waals surface area contributed by atoms with E-state index in [0.717, 1.165) is 23.4 Å². The van der Waals surface area contributed by atoms with Gasteiger partial charge in [-0.25, -0.2) is 4.39 Å². The Morgan fingerprint density at radius 2 is 2.05 bits per heavy atom. The Kier molecular flexibility index (Phi) is 4.77. The SMILES string of the molecule is CCc1c(C)nn(Cc2cc(F)cc(C#CCO)c2)c1C. The average Bonchev–Trinajstić information content (AvgIpc) is 2.70. The van der Waals surface area contributed by atoms with E-state index in [4.69, 9.17) is 5.11 Å². The minimum Gasteiger partial charge on any atom is -0.384 e. The van der Waals surface area contributed by atoms with E-state index in [0.29, 0.717) is 12.1 Å². The number of rotatable bonds is 3. The summed E-state index contributed by atoms with van der Waals surface area (Å²) in [6.07, 6.45) is 0.939. The molecular formula is C17H19FN2O. The molecule has 0 saturated carbocycles. The lowest BCUT2D eigenvalue weighted by Crippen LogP contribution is -2.05. The maximum atomic E-state index is 13.6. The Balaban J connectivity index is 2.33. The lowest BCUT2D eigenvalue weighted by molar-refractivity contribution is 0.350. The second-order valence-electron chi connectivity index (χ2n) is 4.97. The van der Waals surface area contributed by atoms with Gasteiger partial charge in [-0.05, 0) is 49.6 Å². The molecule has 0 unspecified atom stereocenters. The highest BCUT2D eigenvalue weighted by Gasteiger charge is 2.10. The topological polar surface area (TPSA) is 38.0 Å². The van der Waals surface area contributed by atoms with Crippen molar-refractivity contribution in [1.82, 2.24) is 9.78 Å². The summed E-state index contributed by atoms with van der Waals surface area (Å²) in [7, 11) is 0. The predicted molar refractivity (Wildman–Crippen MR) is 80.5 cm³/mol. The summed E-state index contributed by atoms with van der Waals surface area (Å²) in [6.45, 7) is 6.41. The van der Waals surface area contributed by atoms with Gasteiger partial charge in [-0.1, -0.05) is 18.8 Å². The number of aliphatic hydroxyl groups excluding tert-OH is 1. The summed E-state index contributed by atoms with van der Waals surface area (Å²) < 4.78 is 15.5. The van der Waals surface area contributed by atoms with E-state index in [1.54, 1.807) is 0 Å². The molecule has 2 rings (SSSR count). The summed E-state index contributed by atoms with van der Waals surface area (Å²) in [5, 5.41) is 13.2. The van der Waals surface area contributed by atoms with Gasteiger partial charge in [0.2, 0.25) is 0 Å². The fourth-order valence-corrected chi connectivity index (χ4v) is 2.53. The van der Waals surface area contributed by atoms with Crippen molar-refractivity contribution in [3.05, 3.63) is 52.1 Å². The first-order valence-electron chi connectivity index (χ1n) is 6.97. The van der Waals surface area contributed by atoms with Crippen molar-refractivity contribution in [2.75, 3.05) is 6.61 Å². The zero-order valence-electron chi connectivity index (χ0n) is 12.6. The number of nitrogens with zero attached hydrogens (tertiary/aromatic N) is 2. The molecule has 0 fully saturated rings. The van der Waals surface area contributed by atoms with Gasteiger partial charge in [-0.2, -0.15) is 5.10 Å². The normalized spacial score (nSPS) is 10.3. The highest BCUT2D eigenvalue weighted by Crippen LogP contribution is 2.16. The van der Waals surface area contributed by atoms with E-state index in [1.165, 1.54) is 17.7 Å². The van der Waals surface area contributed by atoms with Gasteiger partial charge >= 0.3 is 0 Å². The first-order chi connectivity index (χ1) is 10.0. The van der Waals surface area contributed by atoms with Gasteiger partial charge in [0.1, 0.15) is 12.4 Å². The molecular weight excluding hydrogens is 267 g/mol. The van der Waals surface area contributed by atoms with Crippen LogP contribution >= 0.6 is 0 Å². The van der Waals surface area contributed by atoms with Crippen molar-refractivity contribution in [2.24, 2.45) is 0 Å². The molecule has 0 amide bonds. The molecule has 110 valence electrons. The zero-order chi connectivity index (χ0) is 15.4. The number of halogens is 1. The molecule has 0 aliphatic carbocycles. The minimum absolute atomic E-state index is 0.233. The van der Waals surface area contributed by atoms with Crippen LogP contribution in [0.4, 0.5) is 4.39 Å². The molecule has 2 aromatic rings. The van der Waals surface area contributed by atoms with E-state index >= 15 is 0 Å². The van der Waals surface area contributed by atoms with E-state index in [9.17, 15) is 4.39 Å². The number of aryl methyl sites for hydroxylation is 1. The Bertz CT molecular complexity index is 708. The smallest absolute Gasteiger partial charge is 0.124 e. The van der Waals surface area contributed by atoms with Crippen LogP contribution in [0.1, 0.15) is 35.0 Å². The van der Waals surface area contributed by atoms with Gasteiger partial charge in [0.05, 0.1) is 12.2 Å². The molecule has 0 radical (unpaired) electrons. The summed E-state index contributed by atoms with van der Waals surface area (Å²) >= 11 is 0. The van der Waals surface area contributed by atoms with Crippen LogP contribution in [0.5, 0.6) is 0 Å². The van der Waals surface area contributed by atoms with E-state index in [1.807, 2.05) is 24.6 Å². The first-order valence-corrected chi connectivity index (χ1v) is 6.97. The lowest BCUT2D eigenvalue weighted by atomic mass is 10.1. The first kappa shape index (κ1) is 15.3. The molecule has 0 aliphatic heterocycles. The zero-order valence-corrected chi connectivity index (χ0v) is 12.6. The molecule has 1 aromatic carbocycles. The van der Waals surface area contributed by atoms with Crippen molar-refractivity contribution >= 4 is 0 Å². The second kappa shape index (κ2) is 6.55. The van der Waals surface area contributed by atoms with Gasteiger partial charge in [-0.15, -0.1) is 0 Å². The molecule has 0 aliphatic rings.